The van der Waals surface area contributed by atoms with Crippen molar-refractivity contribution in [3.63, 3.8) is 0 Å². The standard InChI is InChI=1S/C61H117NO5/c1-3-5-7-9-11-13-15-17-29-33-37-41-45-49-53-59(64)58(57-63)62-60(65)54-50-46-42-38-34-30-27-25-23-21-19-20-22-24-26-28-32-36-40-44-48-52-56-67-61(66)55-51-47-43-39-35-31-18-16-14-12-10-8-6-4-2/h16,18,21,23,58-59,63-64H,3-15,17,19-20,22,24-57H2,1-2H3,(H,62,65)/b18-16-,23-21-. The average molecular weight is 945 g/mol. The maximum absolute atomic E-state index is 12.5. The van der Waals surface area contributed by atoms with E-state index in [2.05, 4.69) is 43.5 Å². The van der Waals surface area contributed by atoms with Crippen molar-refractivity contribution >= 4 is 11.9 Å². The second-order valence-electron chi connectivity index (χ2n) is 20.7. The largest absolute Gasteiger partial charge is 0.466 e. The predicted octanol–water partition coefficient (Wildman–Crippen LogP) is 18.6. The third kappa shape index (κ3) is 53.5. The van der Waals surface area contributed by atoms with Crippen LogP contribution in [0.1, 0.15) is 328 Å². The average Bonchev–Trinajstić information content (AvgIpc) is 3.33. The Kier molecular flexibility index (Phi) is 55.5. The summed E-state index contributed by atoms with van der Waals surface area (Å²) in [6.07, 6.45) is 68.9. The van der Waals surface area contributed by atoms with E-state index in [0.717, 1.165) is 44.9 Å². The number of aliphatic hydroxyl groups is 2. The van der Waals surface area contributed by atoms with Gasteiger partial charge in [-0.05, 0) is 77.0 Å². The SMILES string of the molecule is CCCCCCC/C=C\CCCCCCCC(=O)OCCCCCCCCCCCCC/C=C\CCCCCCCCCC(=O)NC(CO)C(O)CCCCCCCCCCCCCCCC. The fraction of sp³-hybridized carbons (Fsp3) is 0.902. The molecule has 0 aliphatic rings. The third-order valence-electron chi connectivity index (χ3n) is 14.0. The number of nitrogens with one attached hydrogen (secondary N) is 1. The van der Waals surface area contributed by atoms with Gasteiger partial charge in [0.2, 0.25) is 5.91 Å². The summed E-state index contributed by atoms with van der Waals surface area (Å²) >= 11 is 0. The molecule has 0 aromatic carbocycles. The third-order valence-corrected chi connectivity index (χ3v) is 14.0. The summed E-state index contributed by atoms with van der Waals surface area (Å²) < 4.78 is 5.47. The first kappa shape index (κ1) is 65.3. The van der Waals surface area contributed by atoms with E-state index in [1.54, 1.807) is 0 Å². The molecule has 0 rings (SSSR count). The molecule has 0 fully saturated rings. The summed E-state index contributed by atoms with van der Waals surface area (Å²) in [5.74, 6) is -0.0392. The van der Waals surface area contributed by atoms with Gasteiger partial charge >= 0.3 is 5.97 Å². The van der Waals surface area contributed by atoms with E-state index in [-0.39, 0.29) is 18.5 Å². The molecule has 0 heterocycles. The lowest BCUT2D eigenvalue weighted by molar-refractivity contribution is -0.143. The van der Waals surface area contributed by atoms with E-state index >= 15 is 0 Å². The quantitative estimate of drug-likeness (QED) is 0.0321. The number of rotatable bonds is 56. The maximum Gasteiger partial charge on any atom is 0.305 e. The van der Waals surface area contributed by atoms with Crippen LogP contribution in [0.2, 0.25) is 0 Å². The molecule has 396 valence electrons. The van der Waals surface area contributed by atoms with Crippen molar-refractivity contribution in [3.05, 3.63) is 24.3 Å². The maximum atomic E-state index is 12.5. The molecule has 0 radical (unpaired) electrons. The first-order chi connectivity index (χ1) is 33.0. The molecular formula is C61H117NO5. The molecule has 6 heteroatoms. The van der Waals surface area contributed by atoms with Gasteiger partial charge in [-0.2, -0.15) is 0 Å². The molecule has 0 aliphatic heterocycles. The Morgan fingerprint density at radius 3 is 1.06 bits per heavy atom. The summed E-state index contributed by atoms with van der Waals surface area (Å²) in [6, 6.07) is -0.546. The highest BCUT2D eigenvalue weighted by molar-refractivity contribution is 5.76. The second-order valence-corrected chi connectivity index (χ2v) is 20.7. The first-order valence-corrected chi connectivity index (χ1v) is 30.1. The van der Waals surface area contributed by atoms with Crippen molar-refractivity contribution in [2.75, 3.05) is 13.2 Å². The Morgan fingerprint density at radius 2 is 0.701 bits per heavy atom. The van der Waals surface area contributed by atoms with Crippen LogP contribution in [0, 0.1) is 0 Å². The molecule has 2 unspecified atom stereocenters. The zero-order chi connectivity index (χ0) is 48.6. The van der Waals surface area contributed by atoms with Crippen LogP contribution in [0.25, 0.3) is 0 Å². The Balaban J connectivity index is 3.41. The molecule has 0 bridgehead atoms. The molecule has 2 atom stereocenters. The molecule has 0 aromatic rings. The Bertz CT molecular complexity index is 1040. The van der Waals surface area contributed by atoms with Crippen molar-refractivity contribution in [2.45, 2.75) is 341 Å². The minimum atomic E-state index is -0.668. The highest BCUT2D eigenvalue weighted by atomic mass is 16.5. The van der Waals surface area contributed by atoms with E-state index in [0.29, 0.717) is 25.9 Å². The van der Waals surface area contributed by atoms with Gasteiger partial charge in [-0.1, -0.05) is 263 Å². The van der Waals surface area contributed by atoms with Crippen LogP contribution in [0.15, 0.2) is 24.3 Å². The summed E-state index contributed by atoms with van der Waals surface area (Å²) in [5, 5.41) is 23.3. The minimum absolute atomic E-state index is 0.00163. The summed E-state index contributed by atoms with van der Waals surface area (Å²) in [4.78, 5) is 24.5. The number of aliphatic hydroxyl groups excluding tert-OH is 2. The van der Waals surface area contributed by atoms with Crippen molar-refractivity contribution in [1.82, 2.24) is 5.32 Å². The van der Waals surface area contributed by atoms with Gasteiger partial charge in [-0.15, -0.1) is 0 Å². The van der Waals surface area contributed by atoms with Gasteiger partial charge < -0.3 is 20.3 Å². The lowest BCUT2D eigenvalue weighted by Gasteiger charge is -2.22. The number of hydrogen-bond acceptors (Lipinski definition) is 5. The van der Waals surface area contributed by atoms with Gasteiger partial charge in [0, 0.05) is 12.8 Å². The van der Waals surface area contributed by atoms with Gasteiger partial charge in [-0.25, -0.2) is 0 Å². The smallest absolute Gasteiger partial charge is 0.305 e. The molecule has 0 aromatic heterocycles. The molecule has 0 saturated heterocycles. The first-order valence-electron chi connectivity index (χ1n) is 30.1. The van der Waals surface area contributed by atoms with Gasteiger partial charge in [0.25, 0.3) is 0 Å². The summed E-state index contributed by atoms with van der Waals surface area (Å²) in [5.41, 5.74) is 0. The molecular weight excluding hydrogens is 827 g/mol. The lowest BCUT2D eigenvalue weighted by Crippen LogP contribution is -2.45. The topological polar surface area (TPSA) is 95.9 Å². The number of hydrogen-bond donors (Lipinski definition) is 3. The van der Waals surface area contributed by atoms with Crippen LogP contribution in [0.3, 0.4) is 0 Å². The number of esters is 1. The summed E-state index contributed by atoms with van der Waals surface area (Å²) in [6.45, 7) is 4.95. The zero-order valence-corrected chi connectivity index (χ0v) is 45.1. The lowest BCUT2D eigenvalue weighted by atomic mass is 10.0. The van der Waals surface area contributed by atoms with Crippen molar-refractivity contribution < 1.29 is 24.5 Å². The molecule has 6 nitrogen and oxygen atoms in total. The van der Waals surface area contributed by atoms with Crippen LogP contribution in [0.5, 0.6) is 0 Å². The monoisotopic (exact) mass is 944 g/mol. The normalized spacial score (nSPS) is 12.7. The van der Waals surface area contributed by atoms with Crippen LogP contribution in [-0.2, 0) is 14.3 Å². The molecule has 0 aliphatic carbocycles. The fourth-order valence-corrected chi connectivity index (χ4v) is 9.34. The van der Waals surface area contributed by atoms with Crippen LogP contribution < -0.4 is 5.32 Å². The number of carbonyl (C=O) groups excluding carboxylic acids is 2. The van der Waals surface area contributed by atoms with Gasteiger partial charge in [0.05, 0.1) is 25.4 Å². The van der Waals surface area contributed by atoms with Crippen molar-refractivity contribution in [2.24, 2.45) is 0 Å². The minimum Gasteiger partial charge on any atom is -0.466 e. The summed E-state index contributed by atoms with van der Waals surface area (Å²) in [7, 11) is 0. The molecule has 67 heavy (non-hydrogen) atoms. The highest BCUT2D eigenvalue weighted by Crippen LogP contribution is 2.17. The van der Waals surface area contributed by atoms with Crippen LogP contribution in [0.4, 0.5) is 0 Å². The van der Waals surface area contributed by atoms with E-state index in [1.165, 1.54) is 250 Å². The number of ether oxygens (including phenoxy) is 1. The number of allylic oxidation sites excluding steroid dienone is 4. The van der Waals surface area contributed by atoms with Gasteiger partial charge in [0.1, 0.15) is 0 Å². The number of carbonyl (C=O) groups is 2. The van der Waals surface area contributed by atoms with E-state index in [9.17, 15) is 19.8 Å². The predicted molar refractivity (Wildman–Crippen MR) is 292 cm³/mol. The Hall–Kier alpha value is -1.66. The number of amides is 1. The number of unbranched alkanes of at least 4 members (excludes halogenated alkanes) is 41. The van der Waals surface area contributed by atoms with Gasteiger partial charge in [-0.3, -0.25) is 9.59 Å². The zero-order valence-electron chi connectivity index (χ0n) is 45.1. The molecule has 3 N–H and O–H groups in total. The molecule has 1 amide bonds. The Labute approximate surface area is 418 Å². The van der Waals surface area contributed by atoms with E-state index in [1.807, 2.05) is 0 Å². The molecule has 0 saturated carbocycles. The van der Waals surface area contributed by atoms with E-state index < -0.39 is 12.1 Å². The molecule has 0 spiro atoms. The van der Waals surface area contributed by atoms with Crippen LogP contribution >= 0.6 is 0 Å². The highest BCUT2D eigenvalue weighted by Gasteiger charge is 2.20. The Morgan fingerprint density at radius 1 is 0.403 bits per heavy atom. The van der Waals surface area contributed by atoms with E-state index in [4.69, 9.17) is 4.74 Å². The van der Waals surface area contributed by atoms with Crippen molar-refractivity contribution in [1.29, 1.82) is 0 Å². The fourth-order valence-electron chi connectivity index (χ4n) is 9.34. The van der Waals surface area contributed by atoms with Gasteiger partial charge in [0.15, 0.2) is 0 Å². The van der Waals surface area contributed by atoms with Crippen LogP contribution in [-0.4, -0.2) is 47.4 Å². The van der Waals surface area contributed by atoms with Crippen molar-refractivity contribution in [3.8, 4) is 0 Å². The second kappa shape index (κ2) is 56.9.